The maximum absolute atomic E-state index is 6.19. The van der Waals surface area contributed by atoms with Crippen LogP contribution in [0.15, 0.2) is 0 Å². The Labute approximate surface area is 106 Å². The molecular weight excluding hydrogens is 249 g/mol. The van der Waals surface area contributed by atoms with Gasteiger partial charge in [0.05, 0.1) is 24.7 Å². The monoisotopic (exact) mass is 265 g/mol. The van der Waals surface area contributed by atoms with Gasteiger partial charge in [-0.1, -0.05) is 11.6 Å². The van der Waals surface area contributed by atoms with Gasteiger partial charge in [0.15, 0.2) is 0 Å². The third kappa shape index (κ3) is 3.35. The van der Waals surface area contributed by atoms with Gasteiger partial charge < -0.3 is 9.64 Å². The lowest BCUT2D eigenvalue weighted by atomic mass is 10.3. The second-order valence-electron chi connectivity index (χ2n) is 3.81. The van der Waals surface area contributed by atoms with Crippen LogP contribution in [-0.2, 0) is 23.8 Å². The van der Waals surface area contributed by atoms with Crippen LogP contribution in [0.2, 0.25) is 5.15 Å². The van der Waals surface area contributed by atoms with Crippen molar-refractivity contribution in [2.75, 3.05) is 27.7 Å². The average molecular weight is 266 g/mol. The number of hydrogen-bond acceptors (Lipinski definition) is 3. The quantitative estimate of drug-likeness (QED) is 0.737. The predicted octanol–water partition coefficient (Wildman–Crippen LogP) is 1.98. The Morgan fingerprint density at radius 1 is 1.44 bits per heavy atom. The normalized spacial score (nSPS) is 11.4. The zero-order valence-electron chi connectivity index (χ0n) is 9.83. The minimum Gasteiger partial charge on any atom is -0.378 e. The SMILES string of the molecule is COCc1nn(CCN(C)C)c(Cl)c1CCl. The molecule has 92 valence electrons. The third-order valence-electron chi connectivity index (χ3n) is 2.24. The molecule has 6 heteroatoms. The lowest BCUT2D eigenvalue weighted by Gasteiger charge is -2.09. The van der Waals surface area contributed by atoms with Gasteiger partial charge in [0, 0.05) is 19.2 Å². The summed E-state index contributed by atoms with van der Waals surface area (Å²) in [7, 11) is 5.65. The van der Waals surface area contributed by atoms with E-state index in [1.807, 2.05) is 14.1 Å². The molecular formula is C10H17Cl2N3O. The van der Waals surface area contributed by atoms with Gasteiger partial charge in [-0.05, 0) is 14.1 Å². The van der Waals surface area contributed by atoms with Crippen molar-refractivity contribution in [3.8, 4) is 0 Å². The number of rotatable bonds is 6. The highest BCUT2D eigenvalue weighted by atomic mass is 35.5. The van der Waals surface area contributed by atoms with E-state index in [0.717, 1.165) is 24.3 Å². The molecule has 16 heavy (non-hydrogen) atoms. The van der Waals surface area contributed by atoms with Gasteiger partial charge in [-0.2, -0.15) is 5.10 Å². The van der Waals surface area contributed by atoms with Crippen LogP contribution in [0.25, 0.3) is 0 Å². The molecule has 0 atom stereocenters. The van der Waals surface area contributed by atoms with Gasteiger partial charge in [-0.15, -0.1) is 11.6 Å². The Balaban J connectivity index is 2.84. The molecule has 0 aliphatic rings. The molecule has 0 N–H and O–H groups in total. The van der Waals surface area contributed by atoms with E-state index in [2.05, 4.69) is 10.00 Å². The summed E-state index contributed by atoms with van der Waals surface area (Å²) in [4.78, 5) is 2.08. The van der Waals surface area contributed by atoms with Crippen molar-refractivity contribution < 1.29 is 4.74 Å². The van der Waals surface area contributed by atoms with Crippen LogP contribution >= 0.6 is 23.2 Å². The molecule has 0 saturated heterocycles. The van der Waals surface area contributed by atoms with Crippen LogP contribution in [0.3, 0.4) is 0 Å². The number of nitrogens with zero attached hydrogens (tertiary/aromatic N) is 3. The zero-order valence-corrected chi connectivity index (χ0v) is 11.3. The Morgan fingerprint density at radius 2 is 2.12 bits per heavy atom. The highest BCUT2D eigenvalue weighted by Crippen LogP contribution is 2.22. The van der Waals surface area contributed by atoms with Crippen molar-refractivity contribution in [3.05, 3.63) is 16.4 Å². The number of hydrogen-bond donors (Lipinski definition) is 0. The van der Waals surface area contributed by atoms with Crippen molar-refractivity contribution in [1.82, 2.24) is 14.7 Å². The number of likely N-dealkylation sites (N-methyl/N-ethyl adjacent to an activating group) is 1. The number of methoxy groups -OCH3 is 1. The molecule has 0 spiro atoms. The zero-order chi connectivity index (χ0) is 12.1. The smallest absolute Gasteiger partial charge is 0.131 e. The fourth-order valence-corrected chi connectivity index (χ4v) is 2.00. The predicted molar refractivity (Wildman–Crippen MR) is 66.1 cm³/mol. The Hall–Kier alpha value is -0.290. The van der Waals surface area contributed by atoms with Gasteiger partial charge in [0.1, 0.15) is 5.15 Å². The molecule has 0 saturated carbocycles. The minimum absolute atomic E-state index is 0.361. The molecule has 0 aliphatic heterocycles. The van der Waals surface area contributed by atoms with Crippen LogP contribution in [-0.4, -0.2) is 42.4 Å². The maximum atomic E-state index is 6.19. The first kappa shape index (κ1) is 13.8. The second kappa shape index (κ2) is 6.45. The highest BCUT2D eigenvalue weighted by molar-refractivity contribution is 6.31. The second-order valence-corrected chi connectivity index (χ2v) is 4.43. The van der Waals surface area contributed by atoms with Crippen molar-refractivity contribution in [3.63, 3.8) is 0 Å². The fraction of sp³-hybridized carbons (Fsp3) is 0.700. The van der Waals surface area contributed by atoms with Gasteiger partial charge in [-0.3, -0.25) is 4.68 Å². The molecule has 0 aromatic carbocycles. The summed E-state index contributed by atoms with van der Waals surface area (Å²) < 4.78 is 6.83. The number of aromatic nitrogens is 2. The topological polar surface area (TPSA) is 30.3 Å². The van der Waals surface area contributed by atoms with E-state index in [-0.39, 0.29) is 0 Å². The van der Waals surface area contributed by atoms with Crippen LogP contribution in [0.4, 0.5) is 0 Å². The summed E-state index contributed by atoms with van der Waals surface area (Å²) in [6.45, 7) is 2.08. The summed E-state index contributed by atoms with van der Waals surface area (Å²) >= 11 is 12.0. The molecule has 1 aromatic heterocycles. The van der Waals surface area contributed by atoms with Crippen LogP contribution in [0, 0.1) is 0 Å². The molecule has 1 aromatic rings. The van der Waals surface area contributed by atoms with Gasteiger partial charge in [-0.25, -0.2) is 0 Å². The van der Waals surface area contributed by atoms with E-state index in [0.29, 0.717) is 17.6 Å². The number of ether oxygens (including phenoxy) is 1. The molecule has 0 aliphatic carbocycles. The molecule has 0 bridgehead atoms. The molecule has 1 heterocycles. The highest BCUT2D eigenvalue weighted by Gasteiger charge is 2.15. The van der Waals surface area contributed by atoms with E-state index in [4.69, 9.17) is 27.9 Å². The Bertz CT molecular complexity index is 339. The first-order chi connectivity index (χ1) is 7.60. The van der Waals surface area contributed by atoms with E-state index >= 15 is 0 Å². The molecule has 0 unspecified atom stereocenters. The summed E-state index contributed by atoms with van der Waals surface area (Å²) in [5.41, 5.74) is 1.69. The minimum atomic E-state index is 0.361. The maximum Gasteiger partial charge on any atom is 0.131 e. The van der Waals surface area contributed by atoms with Crippen molar-refractivity contribution >= 4 is 23.2 Å². The van der Waals surface area contributed by atoms with E-state index in [1.54, 1.807) is 11.8 Å². The largest absolute Gasteiger partial charge is 0.378 e. The lowest BCUT2D eigenvalue weighted by molar-refractivity contribution is 0.180. The molecule has 1 rings (SSSR count). The van der Waals surface area contributed by atoms with Crippen molar-refractivity contribution in [2.45, 2.75) is 19.0 Å². The first-order valence-electron chi connectivity index (χ1n) is 5.03. The molecule has 4 nitrogen and oxygen atoms in total. The molecule has 0 fully saturated rings. The van der Waals surface area contributed by atoms with Crippen LogP contribution in [0.1, 0.15) is 11.3 Å². The molecule has 0 radical (unpaired) electrons. The number of alkyl halides is 1. The van der Waals surface area contributed by atoms with Gasteiger partial charge >= 0.3 is 0 Å². The summed E-state index contributed by atoms with van der Waals surface area (Å²) in [5.74, 6) is 0.361. The first-order valence-corrected chi connectivity index (χ1v) is 5.95. The van der Waals surface area contributed by atoms with Gasteiger partial charge in [0.25, 0.3) is 0 Å². The van der Waals surface area contributed by atoms with Crippen molar-refractivity contribution in [2.24, 2.45) is 0 Å². The van der Waals surface area contributed by atoms with E-state index in [9.17, 15) is 0 Å². The Morgan fingerprint density at radius 3 is 2.62 bits per heavy atom. The summed E-state index contributed by atoms with van der Waals surface area (Å²) in [6.07, 6.45) is 0. The Kier molecular flexibility index (Phi) is 5.55. The number of halogens is 2. The lowest BCUT2D eigenvalue weighted by Crippen LogP contribution is -2.19. The average Bonchev–Trinajstić information content (AvgIpc) is 2.52. The standard InChI is InChI=1S/C10H17Cl2N3O/c1-14(2)4-5-15-10(12)8(6-11)9(13-15)7-16-3/h4-7H2,1-3H3. The third-order valence-corrected chi connectivity index (χ3v) is 2.93. The van der Waals surface area contributed by atoms with E-state index in [1.165, 1.54) is 0 Å². The van der Waals surface area contributed by atoms with E-state index < -0.39 is 0 Å². The molecule has 0 amide bonds. The van der Waals surface area contributed by atoms with Crippen molar-refractivity contribution in [1.29, 1.82) is 0 Å². The summed E-state index contributed by atoms with van der Waals surface area (Å²) in [6, 6.07) is 0. The van der Waals surface area contributed by atoms with Crippen LogP contribution in [0.5, 0.6) is 0 Å². The van der Waals surface area contributed by atoms with Gasteiger partial charge in [0.2, 0.25) is 0 Å². The summed E-state index contributed by atoms with van der Waals surface area (Å²) in [5, 5.41) is 5.01. The van der Waals surface area contributed by atoms with Crippen LogP contribution < -0.4 is 0 Å². The fourth-order valence-electron chi connectivity index (χ4n) is 1.35.